The zero-order valence-corrected chi connectivity index (χ0v) is 14.3. The van der Waals surface area contributed by atoms with Crippen molar-refractivity contribution in [1.29, 1.82) is 0 Å². The smallest absolute Gasteiger partial charge is 0.122 e. The molecule has 0 aliphatic rings. The molecule has 0 N–H and O–H groups in total. The predicted octanol–water partition coefficient (Wildman–Crippen LogP) is 5.67. The number of hydrogen-bond donors (Lipinski definition) is 0. The standard InChI is InChI=1S/C15H11Cl4NO2/c16-13-7-11(21-6-3-15(18)19)8-14(17)12(13)9-22-10-1-4-20-5-2-10/h1-5,7-8H,6,9H2. The lowest BCUT2D eigenvalue weighted by Crippen LogP contribution is -1.99. The Kier molecular flexibility index (Phi) is 6.65. The summed E-state index contributed by atoms with van der Waals surface area (Å²) in [6.07, 6.45) is 4.81. The van der Waals surface area contributed by atoms with Gasteiger partial charge in [0, 0.05) is 18.0 Å². The summed E-state index contributed by atoms with van der Waals surface area (Å²) < 4.78 is 11.2. The van der Waals surface area contributed by atoms with E-state index in [4.69, 9.17) is 55.9 Å². The van der Waals surface area contributed by atoms with Crippen LogP contribution < -0.4 is 9.47 Å². The first-order valence-corrected chi connectivity index (χ1v) is 7.72. The van der Waals surface area contributed by atoms with Gasteiger partial charge in [0.15, 0.2) is 0 Å². The lowest BCUT2D eigenvalue weighted by atomic mass is 10.2. The Balaban J connectivity index is 2.05. The highest BCUT2D eigenvalue weighted by molar-refractivity contribution is 6.55. The molecule has 0 saturated heterocycles. The molecule has 3 nitrogen and oxygen atoms in total. The lowest BCUT2D eigenvalue weighted by molar-refractivity contribution is 0.305. The predicted molar refractivity (Wildman–Crippen MR) is 90.3 cm³/mol. The third-order valence-corrected chi connectivity index (χ3v) is 3.62. The molecule has 0 radical (unpaired) electrons. The van der Waals surface area contributed by atoms with Crippen LogP contribution in [0.1, 0.15) is 5.56 Å². The number of benzene rings is 1. The van der Waals surface area contributed by atoms with E-state index in [1.165, 1.54) is 6.08 Å². The number of pyridine rings is 1. The van der Waals surface area contributed by atoms with Crippen LogP contribution in [0.3, 0.4) is 0 Å². The van der Waals surface area contributed by atoms with Gasteiger partial charge in [-0.2, -0.15) is 0 Å². The topological polar surface area (TPSA) is 31.4 Å². The van der Waals surface area contributed by atoms with Crippen molar-refractivity contribution in [3.05, 3.63) is 62.8 Å². The van der Waals surface area contributed by atoms with Gasteiger partial charge in [-0.3, -0.25) is 4.98 Å². The van der Waals surface area contributed by atoms with E-state index in [0.29, 0.717) is 27.1 Å². The quantitative estimate of drug-likeness (QED) is 0.649. The summed E-state index contributed by atoms with van der Waals surface area (Å²) in [6.45, 7) is 0.469. The van der Waals surface area contributed by atoms with Crippen molar-refractivity contribution < 1.29 is 9.47 Å². The first-order chi connectivity index (χ1) is 10.6. The molecule has 0 unspecified atom stereocenters. The fourth-order valence-corrected chi connectivity index (χ4v) is 2.29. The van der Waals surface area contributed by atoms with Crippen molar-refractivity contribution in [1.82, 2.24) is 4.98 Å². The average molecular weight is 379 g/mol. The molecule has 0 aliphatic carbocycles. The second-order valence-corrected chi connectivity index (χ2v) is 5.96. The van der Waals surface area contributed by atoms with Crippen LogP contribution >= 0.6 is 46.4 Å². The maximum atomic E-state index is 6.22. The molecule has 116 valence electrons. The van der Waals surface area contributed by atoms with E-state index in [-0.39, 0.29) is 17.7 Å². The van der Waals surface area contributed by atoms with Gasteiger partial charge in [-0.1, -0.05) is 46.4 Å². The zero-order valence-electron chi connectivity index (χ0n) is 11.2. The van der Waals surface area contributed by atoms with Gasteiger partial charge in [-0.25, -0.2) is 0 Å². The van der Waals surface area contributed by atoms with E-state index < -0.39 is 0 Å². The molecular weight excluding hydrogens is 368 g/mol. The molecule has 1 aromatic carbocycles. The molecule has 2 rings (SSSR count). The van der Waals surface area contributed by atoms with Crippen LogP contribution in [-0.4, -0.2) is 11.6 Å². The Bertz CT molecular complexity index is 635. The Morgan fingerprint density at radius 3 is 2.23 bits per heavy atom. The Hall–Kier alpha value is -1.13. The number of hydrogen-bond acceptors (Lipinski definition) is 3. The fourth-order valence-electron chi connectivity index (χ4n) is 1.59. The number of rotatable bonds is 6. The maximum Gasteiger partial charge on any atom is 0.122 e. The van der Waals surface area contributed by atoms with Gasteiger partial charge in [-0.15, -0.1) is 0 Å². The van der Waals surface area contributed by atoms with E-state index in [1.54, 1.807) is 36.7 Å². The van der Waals surface area contributed by atoms with Crippen molar-refractivity contribution in [2.75, 3.05) is 6.61 Å². The molecule has 0 bridgehead atoms. The summed E-state index contributed by atoms with van der Waals surface area (Å²) >= 11 is 23.4. The van der Waals surface area contributed by atoms with E-state index in [2.05, 4.69) is 4.98 Å². The van der Waals surface area contributed by atoms with Gasteiger partial charge in [0.2, 0.25) is 0 Å². The van der Waals surface area contributed by atoms with E-state index in [1.807, 2.05) is 0 Å². The van der Waals surface area contributed by atoms with E-state index >= 15 is 0 Å². The molecule has 7 heteroatoms. The molecular formula is C15H11Cl4NO2. The summed E-state index contributed by atoms with van der Waals surface area (Å²) in [6, 6.07) is 6.83. The SMILES string of the molecule is ClC(Cl)=CCOc1cc(Cl)c(COc2ccncc2)c(Cl)c1. The first-order valence-electron chi connectivity index (χ1n) is 6.21. The zero-order chi connectivity index (χ0) is 15.9. The van der Waals surface area contributed by atoms with Crippen LogP contribution in [0.25, 0.3) is 0 Å². The monoisotopic (exact) mass is 377 g/mol. The van der Waals surface area contributed by atoms with Gasteiger partial charge in [0.1, 0.15) is 29.2 Å². The van der Waals surface area contributed by atoms with Crippen molar-refractivity contribution in [2.24, 2.45) is 0 Å². The summed E-state index contributed by atoms with van der Waals surface area (Å²) in [5.74, 6) is 1.21. The summed E-state index contributed by atoms with van der Waals surface area (Å²) in [4.78, 5) is 3.92. The number of aromatic nitrogens is 1. The van der Waals surface area contributed by atoms with Gasteiger partial charge < -0.3 is 9.47 Å². The Labute approximate surface area is 148 Å². The summed E-state index contributed by atoms with van der Waals surface area (Å²) in [5, 5.41) is 0.912. The fraction of sp³-hybridized carbons (Fsp3) is 0.133. The van der Waals surface area contributed by atoms with Crippen LogP contribution in [0.2, 0.25) is 10.0 Å². The lowest BCUT2D eigenvalue weighted by Gasteiger charge is -2.11. The molecule has 1 aromatic heterocycles. The number of nitrogens with zero attached hydrogens (tertiary/aromatic N) is 1. The molecule has 0 spiro atoms. The first kappa shape index (κ1) is 17.2. The van der Waals surface area contributed by atoms with E-state index in [9.17, 15) is 0 Å². The number of ether oxygens (including phenoxy) is 2. The highest BCUT2D eigenvalue weighted by Gasteiger charge is 2.10. The maximum absolute atomic E-state index is 6.22. The second kappa shape index (κ2) is 8.49. The van der Waals surface area contributed by atoms with E-state index in [0.717, 1.165) is 0 Å². The highest BCUT2D eigenvalue weighted by atomic mass is 35.5. The normalized spacial score (nSPS) is 10.2. The van der Waals surface area contributed by atoms with Gasteiger partial charge in [0.05, 0.1) is 10.0 Å². The molecule has 22 heavy (non-hydrogen) atoms. The van der Waals surface area contributed by atoms with Gasteiger partial charge in [0.25, 0.3) is 0 Å². The van der Waals surface area contributed by atoms with Crippen LogP contribution in [0.5, 0.6) is 11.5 Å². The van der Waals surface area contributed by atoms with Crippen molar-refractivity contribution in [3.63, 3.8) is 0 Å². The van der Waals surface area contributed by atoms with Crippen LogP contribution in [0, 0.1) is 0 Å². The minimum Gasteiger partial charge on any atom is -0.489 e. The Morgan fingerprint density at radius 2 is 1.64 bits per heavy atom. The van der Waals surface area contributed by atoms with Gasteiger partial charge in [-0.05, 0) is 30.3 Å². The largest absolute Gasteiger partial charge is 0.489 e. The molecule has 2 aromatic rings. The molecule has 0 saturated carbocycles. The summed E-state index contributed by atoms with van der Waals surface area (Å²) in [7, 11) is 0. The van der Waals surface area contributed by atoms with Crippen LogP contribution in [0.4, 0.5) is 0 Å². The average Bonchev–Trinajstić information content (AvgIpc) is 2.47. The van der Waals surface area contributed by atoms with Crippen molar-refractivity contribution >= 4 is 46.4 Å². The minimum atomic E-state index is 0.138. The molecule has 0 fully saturated rings. The third-order valence-electron chi connectivity index (χ3n) is 2.64. The van der Waals surface area contributed by atoms with Crippen LogP contribution in [-0.2, 0) is 6.61 Å². The minimum absolute atomic E-state index is 0.138. The van der Waals surface area contributed by atoms with Crippen LogP contribution in [0.15, 0.2) is 47.2 Å². The number of halogens is 4. The highest BCUT2D eigenvalue weighted by Crippen LogP contribution is 2.31. The summed E-state index contributed by atoms with van der Waals surface area (Å²) in [5.41, 5.74) is 0.679. The Morgan fingerprint density at radius 1 is 1.00 bits per heavy atom. The van der Waals surface area contributed by atoms with Crippen molar-refractivity contribution in [2.45, 2.75) is 6.61 Å². The molecule has 0 atom stereocenters. The molecule has 1 heterocycles. The second-order valence-electron chi connectivity index (χ2n) is 4.14. The molecule has 0 aliphatic heterocycles. The van der Waals surface area contributed by atoms with Crippen molar-refractivity contribution in [3.8, 4) is 11.5 Å². The third kappa shape index (κ3) is 5.25. The molecule has 0 amide bonds. The van der Waals surface area contributed by atoms with Gasteiger partial charge >= 0.3 is 0 Å².